The number of carbonyl (C=O) groups excluding carboxylic acids is 1. The van der Waals surface area contributed by atoms with E-state index in [4.69, 9.17) is 16.7 Å². The third-order valence-electron chi connectivity index (χ3n) is 1.62. The van der Waals surface area contributed by atoms with Crippen LogP contribution in [-0.4, -0.2) is 11.4 Å². The third kappa shape index (κ3) is 2.88. The van der Waals surface area contributed by atoms with Crippen molar-refractivity contribution in [3.8, 4) is 11.8 Å². The minimum absolute atomic E-state index is 0.0421. The summed E-state index contributed by atoms with van der Waals surface area (Å²) in [6.07, 6.45) is 0.927. The van der Waals surface area contributed by atoms with Gasteiger partial charge in [0.1, 0.15) is 6.29 Å². The lowest BCUT2D eigenvalue weighted by molar-refractivity contribution is -0.107. The maximum Gasteiger partial charge on any atom is 0.131 e. The summed E-state index contributed by atoms with van der Waals surface area (Å²) in [5.74, 6) is 5.42. The second-order valence-corrected chi connectivity index (χ2v) is 3.05. The number of aldehydes is 1. The molecule has 1 aromatic rings. The Bertz CT molecular complexity index is 388. The highest BCUT2D eigenvalue weighted by Crippen LogP contribution is 2.16. The Hall–Kier alpha value is -1.30. The highest BCUT2D eigenvalue weighted by Gasteiger charge is 1.97. The van der Waals surface area contributed by atoms with E-state index in [1.54, 1.807) is 18.2 Å². The van der Waals surface area contributed by atoms with E-state index in [1.807, 2.05) is 0 Å². The Kier molecular flexibility index (Phi) is 4.18. The number of aliphatic hydroxyl groups excluding tert-OH is 1. The molecule has 14 heavy (non-hydrogen) atoms. The maximum absolute atomic E-state index is 10.0. The van der Waals surface area contributed by atoms with Gasteiger partial charge in [0.05, 0.1) is 18.1 Å². The molecule has 0 amide bonds. The Morgan fingerprint density at radius 1 is 1.50 bits per heavy atom. The van der Waals surface area contributed by atoms with Gasteiger partial charge in [-0.25, -0.2) is 0 Å². The van der Waals surface area contributed by atoms with Crippen molar-refractivity contribution in [2.24, 2.45) is 0 Å². The number of rotatable bonds is 2. The molecule has 0 atom stereocenters. The Labute approximate surface area is 87.5 Å². The first-order chi connectivity index (χ1) is 6.77. The van der Waals surface area contributed by atoms with E-state index >= 15 is 0 Å². The second-order valence-electron chi connectivity index (χ2n) is 2.64. The standard InChI is InChI=1S/C11H9ClO2/c12-11-5-4-9(8-14)7-10(11)3-1-2-6-13/h4-7,14H,2,8H2. The minimum atomic E-state index is -0.0421. The van der Waals surface area contributed by atoms with E-state index < -0.39 is 0 Å². The van der Waals surface area contributed by atoms with Gasteiger partial charge < -0.3 is 9.90 Å². The number of benzene rings is 1. The van der Waals surface area contributed by atoms with Crippen LogP contribution >= 0.6 is 11.6 Å². The van der Waals surface area contributed by atoms with Crippen LogP contribution < -0.4 is 0 Å². The first-order valence-corrected chi connectivity index (χ1v) is 4.47. The summed E-state index contributed by atoms with van der Waals surface area (Å²) in [5, 5.41) is 9.41. The summed E-state index contributed by atoms with van der Waals surface area (Å²) in [6, 6.07) is 5.12. The van der Waals surface area contributed by atoms with Gasteiger partial charge in [-0.05, 0) is 17.7 Å². The third-order valence-corrected chi connectivity index (χ3v) is 1.95. The van der Waals surface area contributed by atoms with Crippen LogP contribution in [0.15, 0.2) is 18.2 Å². The lowest BCUT2D eigenvalue weighted by atomic mass is 10.1. The van der Waals surface area contributed by atoms with Crippen LogP contribution in [-0.2, 0) is 11.4 Å². The molecule has 0 aliphatic rings. The number of carbonyl (C=O) groups is 1. The largest absolute Gasteiger partial charge is 0.392 e. The quantitative estimate of drug-likeness (QED) is 0.594. The average Bonchev–Trinajstić information content (AvgIpc) is 2.21. The summed E-state index contributed by atoms with van der Waals surface area (Å²) in [4.78, 5) is 10.0. The molecular weight excluding hydrogens is 200 g/mol. The Balaban J connectivity index is 2.96. The molecule has 0 saturated heterocycles. The predicted molar refractivity (Wildman–Crippen MR) is 54.9 cm³/mol. The lowest BCUT2D eigenvalue weighted by Crippen LogP contribution is -1.85. The fraction of sp³-hybridized carbons (Fsp3) is 0.182. The van der Waals surface area contributed by atoms with Gasteiger partial charge in [0.15, 0.2) is 0 Å². The topological polar surface area (TPSA) is 37.3 Å². The van der Waals surface area contributed by atoms with Crippen molar-refractivity contribution < 1.29 is 9.90 Å². The zero-order valence-electron chi connectivity index (χ0n) is 7.46. The zero-order chi connectivity index (χ0) is 10.4. The normalized spacial score (nSPS) is 9.00. The predicted octanol–water partition coefficient (Wildman–Crippen LogP) is 1.77. The molecule has 0 spiro atoms. The molecule has 0 aliphatic heterocycles. The Morgan fingerprint density at radius 2 is 2.29 bits per heavy atom. The molecule has 0 saturated carbocycles. The van der Waals surface area contributed by atoms with E-state index in [-0.39, 0.29) is 13.0 Å². The van der Waals surface area contributed by atoms with Crippen LogP contribution in [0, 0.1) is 11.8 Å². The molecule has 1 N–H and O–H groups in total. The SMILES string of the molecule is O=CCC#Cc1cc(CO)ccc1Cl. The van der Waals surface area contributed by atoms with Crippen molar-refractivity contribution in [1.29, 1.82) is 0 Å². The number of hydrogen-bond donors (Lipinski definition) is 1. The van der Waals surface area contributed by atoms with Crippen LogP contribution in [0.4, 0.5) is 0 Å². The van der Waals surface area contributed by atoms with Crippen molar-refractivity contribution in [2.75, 3.05) is 0 Å². The molecule has 0 heterocycles. The van der Waals surface area contributed by atoms with Crippen LogP contribution in [0.3, 0.4) is 0 Å². The number of halogens is 1. The van der Waals surface area contributed by atoms with Gasteiger partial charge >= 0.3 is 0 Å². The van der Waals surface area contributed by atoms with E-state index in [9.17, 15) is 4.79 Å². The van der Waals surface area contributed by atoms with E-state index in [0.29, 0.717) is 10.6 Å². The summed E-state index contributed by atoms with van der Waals surface area (Å²) in [7, 11) is 0. The smallest absolute Gasteiger partial charge is 0.131 e. The molecule has 1 rings (SSSR count). The molecule has 0 bridgehead atoms. The zero-order valence-corrected chi connectivity index (χ0v) is 8.21. The van der Waals surface area contributed by atoms with Crippen molar-refractivity contribution in [2.45, 2.75) is 13.0 Å². The molecule has 0 aromatic heterocycles. The molecule has 72 valence electrons. The van der Waals surface area contributed by atoms with Gasteiger partial charge in [0, 0.05) is 5.56 Å². The molecule has 2 nitrogen and oxygen atoms in total. The van der Waals surface area contributed by atoms with Crippen LogP contribution in [0.25, 0.3) is 0 Å². The first-order valence-electron chi connectivity index (χ1n) is 4.09. The summed E-state index contributed by atoms with van der Waals surface area (Å²) in [6.45, 7) is -0.0421. The van der Waals surface area contributed by atoms with Gasteiger partial charge in [0.2, 0.25) is 0 Å². The molecule has 3 heteroatoms. The average molecular weight is 209 g/mol. The fourth-order valence-electron chi connectivity index (χ4n) is 0.954. The van der Waals surface area contributed by atoms with Crippen molar-refractivity contribution in [3.63, 3.8) is 0 Å². The van der Waals surface area contributed by atoms with Crippen molar-refractivity contribution in [1.82, 2.24) is 0 Å². The van der Waals surface area contributed by atoms with Crippen molar-refractivity contribution >= 4 is 17.9 Å². The molecule has 0 unspecified atom stereocenters. The second kappa shape index (κ2) is 5.43. The summed E-state index contributed by atoms with van der Waals surface area (Å²) >= 11 is 5.86. The highest BCUT2D eigenvalue weighted by molar-refractivity contribution is 6.31. The molecule has 0 radical (unpaired) electrons. The monoisotopic (exact) mass is 208 g/mol. The van der Waals surface area contributed by atoms with Gasteiger partial charge in [-0.15, -0.1) is 0 Å². The Morgan fingerprint density at radius 3 is 2.93 bits per heavy atom. The molecule has 0 fully saturated rings. The van der Waals surface area contributed by atoms with Gasteiger partial charge in [-0.1, -0.05) is 29.5 Å². The minimum Gasteiger partial charge on any atom is -0.392 e. The molecule has 0 aliphatic carbocycles. The van der Waals surface area contributed by atoms with Crippen LogP contribution in [0.5, 0.6) is 0 Å². The number of hydrogen-bond acceptors (Lipinski definition) is 2. The molecular formula is C11H9ClO2. The van der Waals surface area contributed by atoms with Crippen LogP contribution in [0.2, 0.25) is 5.02 Å². The lowest BCUT2D eigenvalue weighted by Gasteiger charge is -1.98. The van der Waals surface area contributed by atoms with E-state index in [0.717, 1.165) is 11.8 Å². The van der Waals surface area contributed by atoms with Crippen LogP contribution in [0.1, 0.15) is 17.5 Å². The van der Waals surface area contributed by atoms with Gasteiger partial charge in [0.25, 0.3) is 0 Å². The first kappa shape index (κ1) is 10.8. The fourth-order valence-corrected chi connectivity index (χ4v) is 1.12. The summed E-state index contributed by atoms with van der Waals surface area (Å²) < 4.78 is 0. The van der Waals surface area contributed by atoms with E-state index in [1.165, 1.54) is 0 Å². The van der Waals surface area contributed by atoms with Gasteiger partial charge in [-0.2, -0.15) is 0 Å². The maximum atomic E-state index is 10.0. The number of aliphatic hydroxyl groups is 1. The van der Waals surface area contributed by atoms with Crippen molar-refractivity contribution in [3.05, 3.63) is 34.3 Å². The molecule has 1 aromatic carbocycles. The van der Waals surface area contributed by atoms with E-state index in [2.05, 4.69) is 11.8 Å². The van der Waals surface area contributed by atoms with Gasteiger partial charge in [-0.3, -0.25) is 0 Å². The summed E-state index contributed by atoms with van der Waals surface area (Å²) in [5.41, 5.74) is 1.39. The highest BCUT2D eigenvalue weighted by atomic mass is 35.5.